The second-order valence-electron chi connectivity index (χ2n) is 4.86. The molecule has 1 unspecified atom stereocenters. The molecule has 0 saturated carbocycles. The molecule has 0 aliphatic carbocycles. The smallest absolute Gasteiger partial charge is 0.0370 e. The third kappa shape index (κ3) is 2.79. The molecular weight excluding hydrogens is 210 g/mol. The Morgan fingerprint density at radius 2 is 2.18 bits per heavy atom. The summed E-state index contributed by atoms with van der Waals surface area (Å²) in [5, 5.41) is 0. The van der Waals surface area contributed by atoms with Gasteiger partial charge in [0.15, 0.2) is 0 Å². The number of likely N-dealkylation sites (N-methyl/N-ethyl adjacent to an activating group) is 1. The Hall–Kier alpha value is -1.06. The number of nitrogens with zero attached hydrogens (tertiary/aromatic N) is 2. The lowest BCUT2D eigenvalue weighted by molar-refractivity contribution is 0.213. The number of hydrogen-bond donors (Lipinski definition) is 1. The van der Waals surface area contributed by atoms with Gasteiger partial charge in [-0.15, -0.1) is 0 Å². The van der Waals surface area contributed by atoms with E-state index in [1.807, 2.05) is 0 Å². The fourth-order valence-electron chi connectivity index (χ4n) is 2.50. The van der Waals surface area contributed by atoms with Crippen LogP contribution in [0.3, 0.4) is 0 Å². The van der Waals surface area contributed by atoms with Crippen LogP contribution in [-0.4, -0.2) is 37.6 Å². The molecule has 0 bridgehead atoms. The van der Waals surface area contributed by atoms with Gasteiger partial charge in [0, 0.05) is 37.9 Å². The van der Waals surface area contributed by atoms with E-state index < -0.39 is 0 Å². The highest BCUT2D eigenvalue weighted by molar-refractivity contribution is 5.49. The molecule has 2 N–H and O–H groups in total. The Kier molecular flexibility index (Phi) is 4.02. The lowest BCUT2D eigenvalue weighted by atomic mass is 10.1. The largest absolute Gasteiger partial charge is 0.369 e. The van der Waals surface area contributed by atoms with Gasteiger partial charge in [0.1, 0.15) is 0 Å². The van der Waals surface area contributed by atoms with Crippen molar-refractivity contribution in [1.29, 1.82) is 0 Å². The monoisotopic (exact) mass is 233 g/mol. The minimum absolute atomic E-state index is 0.624. The van der Waals surface area contributed by atoms with Crippen molar-refractivity contribution < 1.29 is 0 Å². The molecule has 1 aliphatic rings. The second kappa shape index (κ2) is 5.52. The first kappa shape index (κ1) is 12.4. The number of benzene rings is 1. The highest BCUT2D eigenvalue weighted by Gasteiger charge is 2.22. The van der Waals surface area contributed by atoms with Gasteiger partial charge >= 0.3 is 0 Å². The summed E-state index contributed by atoms with van der Waals surface area (Å²) in [6.07, 6.45) is 1.21. The van der Waals surface area contributed by atoms with Crippen LogP contribution in [0.25, 0.3) is 0 Å². The SMILES string of the molecule is CCC1CN(c2cccc(CN)c2)CCN1C. The molecule has 3 nitrogen and oxygen atoms in total. The molecule has 2 rings (SSSR count). The van der Waals surface area contributed by atoms with Gasteiger partial charge in [0.25, 0.3) is 0 Å². The number of nitrogens with two attached hydrogens (primary N) is 1. The van der Waals surface area contributed by atoms with Crippen molar-refractivity contribution in [1.82, 2.24) is 4.90 Å². The first-order valence-electron chi connectivity index (χ1n) is 6.48. The second-order valence-corrected chi connectivity index (χ2v) is 4.86. The Labute approximate surface area is 104 Å². The molecule has 0 spiro atoms. The Balaban J connectivity index is 2.11. The van der Waals surface area contributed by atoms with Crippen molar-refractivity contribution in [3.05, 3.63) is 29.8 Å². The third-order valence-corrected chi connectivity index (χ3v) is 3.76. The van der Waals surface area contributed by atoms with E-state index in [1.54, 1.807) is 0 Å². The highest BCUT2D eigenvalue weighted by atomic mass is 15.3. The summed E-state index contributed by atoms with van der Waals surface area (Å²) in [6, 6.07) is 9.29. The number of hydrogen-bond acceptors (Lipinski definition) is 3. The lowest BCUT2D eigenvalue weighted by Gasteiger charge is -2.40. The molecule has 1 aromatic rings. The van der Waals surface area contributed by atoms with Crippen LogP contribution in [0.4, 0.5) is 5.69 Å². The fourth-order valence-corrected chi connectivity index (χ4v) is 2.50. The fraction of sp³-hybridized carbons (Fsp3) is 0.571. The number of anilines is 1. The molecule has 0 amide bonds. The van der Waals surface area contributed by atoms with Gasteiger partial charge in [-0.3, -0.25) is 4.90 Å². The first-order chi connectivity index (χ1) is 8.24. The number of rotatable bonds is 3. The van der Waals surface area contributed by atoms with E-state index in [9.17, 15) is 0 Å². The summed E-state index contributed by atoms with van der Waals surface area (Å²) >= 11 is 0. The normalized spacial score (nSPS) is 21.8. The van der Waals surface area contributed by atoms with Crippen LogP contribution in [0.2, 0.25) is 0 Å². The van der Waals surface area contributed by atoms with Crippen LogP contribution in [-0.2, 0) is 6.54 Å². The van der Waals surface area contributed by atoms with E-state index in [0.717, 1.165) is 19.6 Å². The molecule has 1 saturated heterocycles. The first-order valence-corrected chi connectivity index (χ1v) is 6.48. The molecular formula is C14H23N3. The topological polar surface area (TPSA) is 32.5 Å². The lowest BCUT2D eigenvalue weighted by Crippen LogP contribution is -2.51. The predicted molar refractivity (Wildman–Crippen MR) is 73.3 cm³/mol. The molecule has 3 heteroatoms. The van der Waals surface area contributed by atoms with E-state index in [1.165, 1.54) is 17.7 Å². The molecule has 0 aromatic heterocycles. The zero-order valence-electron chi connectivity index (χ0n) is 10.9. The zero-order valence-corrected chi connectivity index (χ0v) is 10.9. The molecule has 1 heterocycles. The minimum atomic E-state index is 0.624. The molecule has 1 atom stereocenters. The van der Waals surface area contributed by atoms with Gasteiger partial charge < -0.3 is 10.6 Å². The van der Waals surface area contributed by atoms with E-state index in [-0.39, 0.29) is 0 Å². The van der Waals surface area contributed by atoms with Crippen molar-refractivity contribution in [3.63, 3.8) is 0 Å². The molecule has 17 heavy (non-hydrogen) atoms. The van der Waals surface area contributed by atoms with Crippen LogP contribution < -0.4 is 10.6 Å². The Morgan fingerprint density at radius 3 is 2.88 bits per heavy atom. The summed E-state index contributed by atoms with van der Waals surface area (Å²) in [6.45, 7) is 6.27. The average Bonchev–Trinajstić information content (AvgIpc) is 2.39. The van der Waals surface area contributed by atoms with Crippen molar-refractivity contribution >= 4 is 5.69 Å². The Bertz CT molecular complexity index is 364. The van der Waals surface area contributed by atoms with Crippen LogP contribution in [0, 0.1) is 0 Å². The van der Waals surface area contributed by atoms with Gasteiger partial charge in [0.2, 0.25) is 0 Å². The maximum absolute atomic E-state index is 5.70. The summed E-state index contributed by atoms with van der Waals surface area (Å²) in [5.41, 5.74) is 8.23. The molecule has 94 valence electrons. The standard InChI is InChI=1S/C14H23N3/c1-3-13-11-17(8-7-16(13)2)14-6-4-5-12(9-14)10-15/h4-6,9,13H,3,7-8,10-11,15H2,1-2H3. The third-order valence-electron chi connectivity index (χ3n) is 3.76. The Morgan fingerprint density at radius 1 is 1.35 bits per heavy atom. The quantitative estimate of drug-likeness (QED) is 0.862. The minimum Gasteiger partial charge on any atom is -0.369 e. The highest BCUT2D eigenvalue weighted by Crippen LogP contribution is 2.20. The van der Waals surface area contributed by atoms with Crippen molar-refractivity contribution in [2.45, 2.75) is 25.9 Å². The van der Waals surface area contributed by atoms with Crippen molar-refractivity contribution in [2.75, 3.05) is 31.6 Å². The summed E-state index contributed by atoms with van der Waals surface area (Å²) in [7, 11) is 2.22. The van der Waals surface area contributed by atoms with Crippen LogP contribution >= 0.6 is 0 Å². The molecule has 0 radical (unpaired) electrons. The summed E-state index contributed by atoms with van der Waals surface area (Å²) < 4.78 is 0. The molecule has 1 fully saturated rings. The zero-order chi connectivity index (χ0) is 12.3. The van der Waals surface area contributed by atoms with E-state index >= 15 is 0 Å². The van der Waals surface area contributed by atoms with E-state index in [0.29, 0.717) is 12.6 Å². The maximum Gasteiger partial charge on any atom is 0.0370 e. The molecule has 1 aliphatic heterocycles. The van der Waals surface area contributed by atoms with Gasteiger partial charge in [-0.05, 0) is 31.2 Å². The maximum atomic E-state index is 5.70. The van der Waals surface area contributed by atoms with Crippen molar-refractivity contribution in [3.8, 4) is 0 Å². The summed E-state index contributed by atoms with van der Waals surface area (Å²) in [4.78, 5) is 4.94. The van der Waals surface area contributed by atoms with Gasteiger partial charge in [-0.25, -0.2) is 0 Å². The van der Waals surface area contributed by atoms with Gasteiger partial charge in [0.05, 0.1) is 0 Å². The van der Waals surface area contributed by atoms with Crippen LogP contribution in [0.5, 0.6) is 0 Å². The van der Waals surface area contributed by atoms with E-state index in [4.69, 9.17) is 5.73 Å². The van der Waals surface area contributed by atoms with Gasteiger partial charge in [-0.2, -0.15) is 0 Å². The van der Waals surface area contributed by atoms with Crippen LogP contribution in [0.15, 0.2) is 24.3 Å². The van der Waals surface area contributed by atoms with Gasteiger partial charge in [-0.1, -0.05) is 19.1 Å². The molecule has 1 aromatic carbocycles. The average molecular weight is 233 g/mol. The van der Waals surface area contributed by atoms with E-state index in [2.05, 4.69) is 48.0 Å². The van der Waals surface area contributed by atoms with Crippen molar-refractivity contribution in [2.24, 2.45) is 5.73 Å². The number of piperazine rings is 1. The van der Waals surface area contributed by atoms with Crippen LogP contribution in [0.1, 0.15) is 18.9 Å². The summed E-state index contributed by atoms with van der Waals surface area (Å²) in [5.74, 6) is 0. The predicted octanol–water partition coefficient (Wildman–Crippen LogP) is 1.68.